The Labute approximate surface area is 125 Å². The number of nitrogens with zero attached hydrogens (tertiary/aromatic N) is 1. The molecule has 7 heteroatoms. The van der Waals surface area contributed by atoms with Gasteiger partial charge in [0.25, 0.3) is 5.91 Å². The van der Waals surface area contributed by atoms with Crippen LogP contribution < -0.4 is 10.6 Å². The summed E-state index contributed by atoms with van der Waals surface area (Å²) in [6.45, 7) is 4.01. The van der Waals surface area contributed by atoms with Gasteiger partial charge in [-0.1, -0.05) is 11.6 Å². The lowest BCUT2D eigenvalue weighted by Gasteiger charge is -2.09. The van der Waals surface area contributed by atoms with Crippen molar-refractivity contribution in [3.05, 3.63) is 27.5 Å². The number of carbonyl (C=O) groups is 2. The average Bonchev–Trinajstić information content (AvgIpc) is 2.31. The molecule has 0 unspecified atom stereocenters. The van der Waals surface area contributed by atoms with Gasteiger partial charge in [0.1, 0.15) is 5.15 Å². The lowest BCUT2D eigenvalue weighted by Crippen LogP contribution is -2.34. The van der Waals surface area contributed by atoms with Gasteiger partial charge in [-0.25, -0.2) is 4.98 Å². The first kappa shape index (κ1) is 15.9. The van der Waals surface area contributed by atoms with Gasteiger partial charge >= 0.3 is 0 Å². The molecule has 0 aliphatic rings. The molecule has 2 amide bonds. The predicted octanol–water partition coefficient (Wildman–Crippen LogP) is 2.14. The smallest absolute Gasteiger partial charge is 0.254 e. The molecular weight excluding hydrogens is 334 g/mol. The number of aromatic nitrogens is 1. The molecule has 1 aromatic heterocycles. The second kappa shape index (κ2) is 7.45. The van der Waals surface area contributed by atoms with Crippen LogP contribution in [0.25, 0.3) is 0 Å². The van der Waals surface area contributed by atoms with E-state index in [-0.39, 0.29) is 41.5 Å². The van der Waals surface area contributed by atoms with Gasteiger partial charge in [0.15, 0.2) is 0 Å². The van der Waals surface area contributed by atoms with E-state index in [9.17, 15) is 9.59 Å². The van der Waals surface area contributed by atoms with Crippen LogP contribution in [0.1, 0.15) is 30.6 Å². The van der Waals surface area contributed by atoms with Crippen LogP contribution in [0.3, 0.4) is 0 Å². The Kier molecular flexibility index (Phi) is 6.24. The van der Waals surface area contributed by atoms with Gasteiger partial charge in [-0.2, -0.15) is 0 Å². The van der Waals surface area contributed by atoms with E-state index in [2.05, 4.69) is 31.5 Å². The third kappa shape index (κ3) is 5.57. The number of halogens is 2. The summed E-state index contributed by atoms with van der Waals surface area (Å²) in [5.74, 6) is -0.454. The zero-order chi connectivity index (χ0) is 14.4. The maximum atomic E-state index is 11.8. The van der Waals surface area contributed by atoms with Crippen LogP contribution >= 0.6 is 27.5 Å². The molecule has 104 valence electrons. The van der Waals surface area contributed by atoms with Crippen LogP contribution in [0.4, 0.5) is 0 Å². The van der Waals surface area contributed by atoms with Crippen LogP contribution in [0.5, 0.6) is 0 Å². The Morgan fingerprint density at radius 2 is 2.16 bits per heavy atom. The number of pyridine rings is 1. The quantitative estimate of drug-likeness (QED) is 0.801. The van der Waals surface area contributed by atoms with E-state index in [0.717, 1.165) is 0 Å². The minimum Gasteiger partial charge on any atom is -0.354 e. The van der Waals surface area contributed by atoms with Gasteiger partial charge in [-0.15, -0.1) is 0 Å². The van der Waals surface area contributed by atoms with Gasteiger partial charge in [-0.05, 0) is 35.8 Å². The first-order chi connectivity index (χ1) is 8.90. The molecule has 0 radical (unpaired) electrons. The van der Waals surface area contributed by atoms with E-state index < -0.39 is 0 Å². The highest BCUT2D eigenvalue weighted by molar-refractivity contribution is 9.10. The molecule has 0 atom stereocenters. The maximum Gasteiger partial charge on any atom is 0.254 e. The van der Waals surface area contributed by atoms with E-state index in [4.69, 9.17) is 11.6 Å². The highest BCUT2D eigenvalue weighted by Gasteiger charge is 2.12. The standard InChI is InChI=1S/C12H15BrClN3O2/c1-7(2)17-10(18)3-4-15-12(19)9-5-8(13)6-16-11(9)14/h5-7H,3-4H2,1-2H3,(H,15,19)(H,17,18). The molecular formula is C12H15BrClN3O2. The molecule has 1 rings (SSSR count). The van der Waals surface area contributed by atoms with Crippen LogP contribution in [0.2, 0.25) is 5.15 Å². The monoisotopic (exact) mass is 347 g/mol. The summed E-state index contributed by atoms with van der Waals surface area (Å²) in [6.07, 6.45) is 1.73. The molecule has 1 heterocycles. The van der Waals surface area contributed by atoms with E-state index in [1.54, 1.807) is 6.07 Å². The molecule has 0 fully saturated rings. The number of amides is 2. The molecule has 0 saturated heterocycles. The molecule has 1 aromatic rings. The Hall–Kier alpha value is -1.14. The van der Waals surface area contributed by atoms with Gasteiger partial charge in [0, 0.05) is 29.7 Å². The lowest BCUT2D eigenvalue weighted by atomic mass is 10.2. The first-order valence-electron chi connectivity index (χ1n) is 5.78. The van der Waals surface area contributed by atoms with E-state index in [1.807, 2.05) is 13.8 Å². The predicted molar refractivity (Wildman–Crippen MR) is 77.2 cm³/mol. The summed E-state index contributed by atoms with van der Waals surface area (Å²) in [4.78, 5) is 27.1. The van der Waals surface area contributed by atoms with Crippen LogP contribution in [-0.4, -0.2) is 29.4 Å². The largest absolute Gasteiger partial charge is 0.354 e. The van der Waals surface area contributed by atoms with E-state index >= 15 is 0 Å². The molecule has 19 heavy (non-hydrogen) atoms. The van der Waals surface area contributed by atoms with Crippen molar-refractivity contribution in [3.8, 4) is 0 Å². The zero-order valence-corrected chi connectivity index (χ0v) is 13.0. The summed E-state index contributed by atoms with van der Waals surface area (Å²) in [7, 11) is 0. The molecule has 5 nitrogen and oxygen atoms in total. The third-order valence-corrected chi connectivity index (χ3v) is 2.87. The zero-order valence-electron chi connectivity index (χ0n) is 10.7. The van der Waals surface area contributed by atoms with Crippen molar-refractivity contribution in [3.63, 3.8) is 0 Å². The second-order valence-electron chi connectivity index (χ2n) is 4.22. The molecule has 0 bridgehead atoms. The SMILES string of the molecule is CC(C)NC(=O)CCNC(=O)c1cc(Br)cnc1Cl. The summed E-state index contributed by atoms with van der Waals surface area (Å²) in [5.41, 5.74) is 0.278. The van der Waals surface area contributed by atoms with Gasteiger partial charge in [0.05, 0.1) is 5.56 Å². The van der Waals surface area contributed by atoms with Gasteiger partial charge in [0.2, 0.25) is 5.91 Å². The fourth-order valence-electron chi connectivity index (χ4n) is 1.36. The van der Waals surface area contributed by atoms with Crippen molar-refractivity contribution >= 4 is 39.3 Å². The highest BCUT2D eigenvalue weighted by atomic mass is 79.9. The van der Waals surface area contributed by atoms with Gasteiger partial charge < -0.3 is 10.6 Å². The number of nitrogens with one attached hydrogen (secondary N) is 2. The van der Waals surface area contributed by atoms with Crippen molar-refractivity contribution in [2.75, 3.05) is 6.54 Å². The minimum atomic E-state index is -0.351. The Balaban J connectivity index is 2.48. The molecule has 0 saturated carbocycles. The Morgan fingerprint density at radius 1 is 1.47 bits per heavy atom. The number of hydrogen-bond donors (Lipinski definition) is 2. The molecule has 0 aromatic carbocycles. The normalized spacial score (nSPS) is 10.4. The molecule has 0 aliphatic carbocycles. The summed E-state index contributed by atoms with van der Waals surface area (Å²) >= 11 is 9.05. The van der Waals surface area contributed by atoms with Crippen molar-refractivity contribution < 1.29 is 9.59 Å². The van der Waals surface area contributed by atoms with Gasteiger partial charge in [-0.3, -0.25) is 9.59 Å². The maximum absolute atomic E-state index is 11.8. The average molecular weight is 349 g/mol. The molecule has 2 N–H and O–H groups in total. The van der Waals surface area contributed by atoms with Crippen molar-refractivity contribution in [2.45, 2.75) is 26.3 Å². The Morgan fingerprint density at radius 3 is 2.79 bits per heavy atom. The first-order valence-corrected chi connectivity index (χ1v) is 6.96. The topological polar surface area (TPSA) is 71.1 Å². The fourth-order valence-corrected chi connectivity index (χ4v) is 1.88. The lowest BCUT2D eigenvalue weighted by molar-refractivity contribution is -0.121. The number of carbonyl (C=O) groups excluding carboxylic acids is 2. The fraction of sp³-hybridized carbons (Fsp3) is 0.417. The summed E-state index contributed by atoms with van der Waals surface area (Å²) < 4.78 is 0.666. The third-order valence-electron chi connectivity index (χ3n) is 2.14. The summed E-state index contributed by atoms with van der Waals surface area (Å²) in [6, 6.07) is 1.67. The summed E-state index contributed by atoms with van der Waals surface area (Å²) in [5, 5.41) is 5.50. The van der Waals surface area contributed by atoms with Crippen LogP contribution in [0.15, 0.2) is 16.7 Å². The molecule has 0 spiro atoms. The van der Waals surface area contributed by atoms with Crippen molar-refractivity contribution in [1.29, 1.82) is 0 Å². The minimum absolute atomic E-state index is 0.0897. The molecule has 0 aliphatic heterocycles. The number of rotatable bonds is 5. The van der Waals surface area contributed by atoms with E-state index in [0.29, 0.717) is 4.47 Å². The number of hydrogen-bond acceptors (Lipinski definition) is 3. The van der Waals surface area contributed by atoms with Crippen LogP contribution in [0, 0.1) is 0 Å². The Bertz CT molecular complexity index is 480. The van der Waals surface area contributed by atoms with Crippen molar-refractivity contribution in [1.82, 2.24) is 15.6 Å². The van der Waals surface area contributed by atoms with E-state index in [1.165, 1.54) is 6.20 Å². The highest BCUT2D eigenvalue weighted by Crippen LogP contribution is 2.17. The van der Waals surface area contributed by atoms with Crippen LogP contribution in [-0.2, 0) is 4.79 Å². The van der Waals surface area contributed by atoms with Crippen molar-refractivity contribution in [2.24, 2.45) is 0 Å². The second-order valence-corrected chi connectivity index (χ2v) is 5.49.